The number of fused-ring (bicyclic) bond motifs is 1. The van der Waals surface area contributed by atoms with Crippen LogP contribution in [0.5, 0.6) is 0 Å². The Balaban J connectivity index is 1.37. The highest BCUT2D eigenvalue weighted by Crippen LogP contribution is 2.29. The molecule has 7 nitrogen and oxygen atoms in total. The van der Waals surface area contributed by atoms with Crippen molar-refractivity contribution in [1.82, 2.24) is 20.3 Å². The quantitative estimate of drug-likeness (QED) is 0.536. The third kappa shape index (κ3) is 5.44. The molecule has 2 N–H and O–H groups in total. The summed E-state index contributed by atoms with van der Waals surface area (Å²) in [5, 5.41) is 6.97. The Morgan fingerprint density at radius 3 is 2.68 bits per heavy atom. The van der Waals surface area contributed by atoms with Gasteiger partial charge in [0.1, 0.15) is 11.6 Å². The molecule has 1 aromatic carbocycles. The molecule has 2 aliphatic rings. The Morgan fingerprint density at radius 1 is 1.06 bits per heavy atom. The van der Waals surface area contributed by atoms with Crippen molar-refractivity contribution in [2.24, 2.45) is 5.92 Å². The SMILES string of the molecule is C[C@@H]1CCCN(c2cc(N3CCc4ccccc4C3)nc(NC(=S)NCc3cccnc3)n2)C1. The van der Waals surface area contributed by atoms with Crippen LogP contribution in [0.2, 0.25) is 0 Å². The average molecular weight is 474 g/mol. The van der Waals surface area contributed by atoms with Crippen LogP contribution in [0.4, 0.5) is 17.6 Å². The first-order valence-electron chi connectivity index (χ1n) is 12.0. The molecule has 0 saturated carbocycles. The molecule has 0 radical (unpaired) electrons. The summed E-state index contributed by atoms with van der Waals surface area (Å²) in [5.74, 6) is 3.10. The van der Waals surface area contributed by atoms with Crippen molar-refractivity contribution in [2.75, 3.05) is 34.8 Å². The second kappa shape index (κ2) is 10.3. The molecular formula is C26H31N7S. The predicted octanol–water partition coefficient (Wildman–Crippen LogP) is 4.16. The minimum atomic E-state index is 0.503. The maximum absolute atomic E-state index is 5.56. The lowest BCUT2D eigenvalue weighted by Crippen LogP contribution is -2.36. The van der Waals surface area contributed by atoms with Crippen LogP contribution < -0.4 is 20.4 Å². The molecule has 34 heavy (non-hydrogen) atoms. The summed E-state index contributed by atoms with van der Waals surface area (Å²) in [5.41, 5.74) is 3.86. The summed E-state index contributed by atoms with van der Waals surface area (Å²) in [6.07, 6.45) is 7.07. The highest BCUT2D eigenvalue weighted by Gasteiger charge is 2.23. The topological polar surface area (TPSA) is 69.2 Å². The molecule has 0 spiro atoms. The van der Waals surface area contributed by atoms with Crippen LogP contribution in [0.1, 0.15) is 36.5 Å². The van der Waals surface area contributed by atoms with E-state index >= 15 is 0 Å². The van der Waals surface area contributed by atoms with Gasteiger partial charge >= 0.3 is 0 Å². The second-order valence-corrected chi connectivity index (χ2v) is 9.62. The number of piperidine rings is 1. The van der Waals surface area contributed by atoms with Crippen LogP contribution in [-0.2, 0) is 19.5 Å². The van der Waals surface area contributed by atoms with Gasteiger partial charge in [-0.25, -0.2) is 0 Å². The van der Waals surface area contributed by atoms with Crippen LogP contribution in [0, 0.1) is 5.92 Å². The Hall–Kier alpha value is -3.26. The van der Waals surface area contributed by atoms with Gasteiger partial charge in [-0.05, 0) is 60.2 Å². The molecule has 176 valence electrons. The van der Waals surface area contributed by atoms with Gasteiger partial charge in [0.15, 0.2) is 5.11 Å². The highest BCUT2D eigenvalue weighted by atomic mass is 32.1. The fourth-order valence-corrected chi connectivity index (χ4v) is 4.88. The zero-order chi connectivity index (χ0) is 23.3. The fraction of sp³-hybridized carbons (Fsp3) is 0.385. The molecule has 0 aliphatic carbocycles. The van der Waals surface area contributed by atoms with Crippen molar-refractivity contribution < 1.29 is 0 Å². The maximum atomic E-state index is 5.56. The van der Waals surface area contributed by atoms with E-state index < -0.39 is 0 Å². The fourth-order valence-electron chi connectivity index (χ4n) is 4.72. The van der Waals surface area contributed by atoms with E-state index in [-0.39, 0.29) is 0 Å². The van der Waals surface area contributed by atoms with Gasteiger partial charge in [0.2, 0.25) is 5.95 Å². The molecule has 5 rings (SSSR count). The van der Waals surface area contributed by atoms with E-state index in [9.17, 15) is 0 Å². The Labute approximate surface area is 206 Å². The van der Waals surface area contributed by atoms with E-state index in [0.717, 1.165) is 49.8 Å². The number of hydrogen-bond donors (Lipinski definition) is 2. The third-order valence-corrected chi connectivity index (χ3v) is 6.78. The standard InChI is InChI=1S/C26H31N7S/c1-19-6-5-12-32(17-19)23-14-24(33-13-10-21-8-2-3-9-22(21)18-33)30-25(29-23)31-26(34)28-16-20-7-4-11-27-15-20/h2-4,7-9,11,14-15,19H,5-6,10,12-13,16-18H2,1H3,(H2,28,29,30,31,34)/t19-/m1/s1. The van der Waals surface area contributed by atoms with Crippen LogP contribution in [0.3, 0.4) is 0 Å². The lowest BCUT2D eigenvalue weighted by Gasteiger charge is -2.34. The molecule has 2 aliphatic heterocycles. The van der Waals surface area contributed by atoms with Gasteiger partial charge in [-0.2, -0.15) is 9.97 Å². The Morgan fingerprint density at radius 2 is 1.88 bits per heavy atom. The van der Waals surface area contributed by atoms with E-state index in [1.807, 2.05) is 18.3 Å². The number of rotatable bonds is 5. The van der Waals surface area contributed by atoms with Gasteiger partial charge in [-0.3, -0.25) is 4.98 Å². The summed E-state index contributed by atoms with van der Waals surface area (Å²) in [6, 6.07) is 14.8. The number of nitrogens with zero attached hydrogens (tertiary/aromatic N) is 5. The van der Waals surface area contributed by atoms with Gasteiger partial charge in [-0.15, -0.1) is 0 Å². The summed E-state index contributed by atoms with van der Waals surface area (Å²) < 4.78 is 0. The molecule has 1 saturated heterocycles. The van der Waals surface area contributed by atoms with Gasteiger partial charge in [0, 0.05) is 51.2 Å². The van der Waals surface area contributed by atoms with E-state index in [1.54, 1.807) is 6.20 Å². The summed E-state index contributed by atoms with van der Waals surface area (Å²) >= 11 is 5.56. The summed E-state index contributed by atoms with van der Waals surface area (Å²) in [6.45, 7) is 6.74. The minimum absolute atomic E-state index is 0.503. The van der Waals surface area contributed by atoms with Gasteiger partial charge in [0.05, 0.1) is 0 Å². The molecule has 0 amide bonds. The van der Waals surface area contributed by atoms with Crippen molar-refractivity contribution in [3.63, 3.8) is 0 Å². The monoisotopic (exact) mass is 473 g/mol. The first kappa shape index (κ1) is 22.5. The summed E-state index contributed by atoms with van der Waals surface area (Å²) in [4.78, 5) is 18.6. The first-order valence-corrected chi connectivity index (χ1v) is 12.4. The molecule has 8 heteroatoms. The molecular weight excluding hydrogens is 442 g/mol. The van der Waals surface area contributed by atoms with E-state index in [1.165, 1.54) is 24.0 Å². The number of hydrogen-bond acceptors (Lipinski definition) is 6. The van der Waals surface area contributed by atoms with Crippen LogP contribution in [-0.4, -0.2) is 39.7 Å². The number of benzene rings is 1. The maximum Gasteiger partial charge on any atom is 0.232 e. The van der Waals surface area contributed by atoms with E-state index in [2.05, 4.69) is 62.7 Å². The number of thiocarbonyl (C=S) groups is 1. The van der Waals surface area contributed by atoms with Crippen molar-refractivity contribution in [3.05, 3.63) is 71.5 Å². The lowest BCUT2D eigenvalue weighted by atomic mass is 10.00. The first-order chi connectivity index (χ1) is 16.6. The summed E-state index contributed by atoms with van der Waals surface area (Å²) in [7, 11) is 0. The molecule has 3 aromatic rings. The number of anilines is 3. The average Bonchev–Trinajstić information content (AvgIpc) is 2.87. The lowest BCUT2D eigenvalue weighted by molar-refractivity contribution is 0.444. The van der Waals surface area contributed by atoms with Crippen molar-refractivity contribution in [1.29, 1.82) is 0 Å². The smallest absolute Gasteiger partial charge is 0.232 e. The van der Waals surface area contributed by atoms with Gasteiger partial charge in [0.25, 0.3) is 0 Å². The van der Waals surface area contributed by atoms with Crippen LogP contribution >= 0.6 is 12.2 Å². The molecule has 1 fully saturated rings. The van der Waals surface area contributed by atoms with E-state index in [0.29, 0.717) is 23.5 Å². The van der Waals surface area contributed by atoms with Crippen molar-refractivity contribution >= 4 is 34.9 Å². The van der Waals surface area contributed by atoms with Crippen LogP contribution in [0.15, 0.2) is 54.9 Å². The Bertz CT molecular complexity index is 1140. The molecule has 2 aromatic heterocycles. The number of pyridine rings is 1. The minimum Gasteiger partial charge on any atom is -0.358 e. The number of aromatic nitrogens is 3. The predicted molar refractivity (Wildman–Crippen MR) is 141 cm³/mol. The van der Waals surface area contributed by atoms with Crippen LogP contribution in [0.25, 0.3) is 0 Å². The molecule has 4 heterocycles. The van der Waals surface area contributed by atoms with Gasteiger partial charge in [-0.1, -0.05) is 37.3 Å². The molecule has 1 atom stereocenters. The highest BCUT2D eigenvalue weighted by molar-refractivity contribution is 7.80. The normalized spacial score (nSPS) is 17.7. The molecule has 0 bridgehead atoms. The number of nitrogens with one attached hydrogen (secondary N) is 2. The zero-order valence-electron chi connectivity index (χ0n) is 19.6. The third-order valence-electron chi connectivity index (χ3n) is 6.54. The Kier molecular flexibility index (Phi) is 6.85. The second-order valence-electron chi connectivity index (χ2n) is 9.21. The van der Waals surface area contributed by atoms with Crippen molar-refractivity contribution in [2.45, 2.75) is 39.3 Å². The van der Waals surface area contributed by atoms with Crippen molar-refractivity contribution in [3.8, 4) is 0 Å². The largest absolute Gasteiger partial charge is 0.358 e. The molecule has 0 unspecified atom stereocenters. The van der Waals surface area contributed by atoms with E-state index in [4.69, 9.17) is 22.2 Å². The zero-order valence-corrected chi connectivity index (χ0v) is 20.4. The van der Waals surface area contributed by atoms with Gasteiger partial charge < -0.3 is 20.4 Å².